The van der Waals surface area contributed by atoms with Crippen molar-refractivity contribution < 1.29 is 9.53 Å². The number of guanidine groups is 1. The van der Waals surface area contributed by atoms with Crippen molar-refractivity contribution in [3.05, 3.63) is 0 Å². The third kappa shape index (κ3) is 4.57. The van der Waals surface area contributed by atoms with Crippen LogP contribution < -0.4 is 11.5 Å². The minimum absolute atomic E-state index is 0.255. The number of amides is 1. The van der Waals surface area contributed by atoms with Crippen molar-refractivity contribution >= 4 is 18.0 Å². The fourth-order valence-corrected chi connectivity index (χ4v) is 0.259. The molecule has 6 heteroatoms. The van der Waals surface area contributed by atoms with Crippen molar-refractivity contribution in [1.29, 1.82) is 5.41 Å². The molecule has 1 amide bonds. The van der Waals surface area contributed by atoms with Gasteiger partial charge in [0.25, 0.3) is 0 Å². The van der Waals surface area contributed by atoms with Crippen molar-refractivity contribution in [3.63, 3.8) is 0 Å². The Labute approximate surface area is 57.4 Å². The highest BCUT2D eigenvalue weighted by atomic mass is 16.6. The highest BCUT2D eigenvalue weighted by molar-refractivity contribution is 5.92. The number of hydrogen-bond donors (Lipinski definition) is 3. The number of carbonyl (C=O) groups is 1. The van der Waals surface area contributed by atoms with E-state index in [1.54, 1.807) is 0 Å². The molecule has 56 valence electrons. The third-order valence-corrected chi connectivity index (χ3v) is 0.461. The Hall–Kier alpha value is -1.59. The Morgan fingerprint density at radius 3 is 2.40 bits per heavy atom. The first-order valence-corrected chi connectivity index (χ1v) is 2.39. The Bertz CT molecular complexity index is 182. The number of hydrogen-bond acceptors (Lipinski definition) is 3. The van der Waals surface area contributed by atoms with E-state index in [-0.39, 0.29) is 11.9 Å². The van der Waals surface area contributed by atoms with Crippen LogP contribution in [0.1, 0.15) is 6.92 Å². The van der Waals surface area contributed by atoms with E-state index in [0.717, 1.165) is 0 Å². The molecule has 0 unspecified atom stereocenters. The average molecular weight is 144 g/mol. The van der Waals surface area contributed by atoms with Gasteiger partial charge in [-0.15, -0.1) is 4.99 Å². The molecule has 6 nitrogen and oxygen atoms in total. The molecule has 0 aliphatic carbocycles. The Morgan fingerprint density at radius 1 is 1.60 bits per heavy atom. The van der Waals surface area contributed by atoms with Crippen LogP contribution >= 0.6 is 0 Å². The number of rotatable bonds is 0. The number of nitrogens with zero attached hydrogens (tertiary/aromatic N) is 1. The molecular weight excluding hydrogens is 136 g/mol. The van der Waals surface area contributed by atoms with Gasteiger partial charge in [-0.25, -0.2) is 4.79 Å². The lowest BCUT2D eigenvalue weighted by molar-refractivity contribution is 0.207. The van der Waals surface area contributed by atoms with Crippen LogP contribution in [0, 0.1) is 5.41 Å². The number of nitrogens with one attached hydrogen (secondary N) is 1. The second kappa shape index (κ2) is 3.44. The van der Waals surface area contributed by atoms with Crippen LogP contribution in [-0.4, -0.2) is 18.0 Å². The summed E-state index contributed by atoms with van der Waals surface area (Å²) < 4.78 is 4.16. The van der Waals surface area contributed by atoms with Gasteiger partial charge in [0.2, 0.25) is 0 Å². The summed E-state index contributed by atoms with van der Waals surface area (Å²) in [5.74, 6) is -0.638. The molecule has 5 N–H and O–H groups in total. The summed E-state index contributed by atoms with van der Waals surface area (Å²) in [5, 5.41) is 6.68. The van der Waals surface area contributed by atoms with E-state index in [2.05, 4.69) is 9.73 Å². The molecule has 0 aliphatic heterocycles. The Kier molecular flexibility index (Phi) is 2.89. The average Bonchev–Trinajstić information content (AvgIpc) is 1.58. The van der Waals surface area contributed by atoms with Crippen LogP contribution in [0.3, 0.4) is 0 Å². The highest BCUT2D eigenvalue weighted by Crippen LogP contribution is 1.82. The van der Waals surface area contributed by atoms with Crippen LogP contribution in [0.4, 0.5) is 4.79 Å². The van der Waals surface area contributed by atoms with E-state index in [4.69, 9.17) is 16.9 Å². The summed E-state index contributed by atoms with van der Waals surface area (Å²) in [5.41, 5.74) is 9.65. The molecule has 0 radical (unpaired) electrons. The molecule has 0 rings (SSSR count). The molecule has 0 fully saturated rings. The molecule has 0 aromatic rings. The van der Waals surface area contributed by atoms with Crippen molar-refractivity contribution in [2.45, 2.75) is 6.92 Å². The van der Waals surface area contributed by atoms with E-state index in [1.807, 2.05) is 0 Å². The molecule has 0 spiro atoms. The molecule has 0 aromatic carbocycles. The van der Waals surface area contributed by atoms with Gasteiger partial charge in [-0.05, 0) is 0 Å². The fraction of sp³-hybridized carbons (Fsp3) is 0.250. The quantitative estimate of drug-likeness (QED) is 0.311. The highest BCUT2D eigenvalue weighted by Gasteiger charge is 1.99. The predicted molar refractivity (Wildman–Crippen MR) is 35.7 cm³/mol. The zero-order chi connectivity index (χ0) is 8.15. The zero-order valence-electron chi connectivity index (χ0n) is 5.42. The predicted octanol–water partition coefficient (Wildman–Crippen LogP) is -0.606. The van der Waals surface area contributed by atoms with Gasteiger partial charge in [0.1, 0.15) is 0 Å². The standard InChI is InChI=1S/C4H8N4O2/c1-2(5)10-4(9)8-3(6)7/h5H,1H3,(H4,6,7,8,9). The van der Waals surface area contributed by atoms with Gasteiger partial charge in [0, 0.05) is 6.92 Å². The molecule has 10 heavy (non-hydrogen) atoms. The van der Waals surface area contributed by atoms with E-state index in [0.29, 0.717) is 0 Å². The maximum Gasteiger partial charge on any atom is 0.443 e. The van der Waals surface area contributed by atoms with Crippen LogP contribution in [-0.2, 0) is 4.74 Å². The Balaban J connectivity index is 3.88. The van der Waals surface area contributed by atoms with Crippen molar-refractivity contribution in [3.8, 4) is 0 Å². The SMILES string of the molecule is CC(=N)OC(=O)N=C(N)N. The summed E-state index contributed by atoms with van der Waals surface area (Å²) in [6.07, 6.45) is -0.979. The number of ether oxygens (including phenoxy) is 1. The first kappa shape index (κ1) is 8.41. The van der Waals surface area contributed by atoms with Gasteiger partial charge in [0.05, 0.1) is 0 Å². The minimum atomic E-state index is -0.979. The summed E-state index contributed by atoms with van der Waals surface area (Å²) in [6.45, 7) is 1.29. The monoisotopic (exact) mass is 144 g/mol. The van der Waals surface area contributed by atoms with Crippen LogP contribution in [0.15, 0.2) is 4.99 Å². The lowest BCUT2D eigenvalue weighted by Crippen LogP contribution is -2.24. The molecule has 0 aliphatic rings. The maximum atomic E-state index is 10.4. The molecule has 0 atom stereocenters. The lowest BCUT2D eigenvalue weighted by atomic mass is 10.8. The molecule has 0 heterocycles. The second-order valence-electron chi connectivity index (χ2n) is 1.46. The third-order valence-electron chi connectivity index (χ3n) is 0.461. The Morgan fingerprint density at radius 2 is 2.10 bits per heavy atom. The second-order valence-corrected chi connectivity index (χ2v) is 1.46. The van der Waals surface area contributed by atoms with Crippen molar-refractivity contribution in [1.82, 2.24) is 0 Å². The molecular formula is C4H8N4O2. The summed E-state index contributed by atoms with van der Waals surface area (Å²) in [7, 11) is 0. The number of nitrogens with two attached hydrogens (primary N) is 2. The van der Waals surface area contributed by atoms with E-state index in [9.17, 15) is 4.79 Å². The van der Waals surface area contributed by atoms with Gasteiger partial charge < -0.3 is 16.2 Å². The van der Waals surface area contributed by atoms with Crippen LogP contribution in [0.5, 0.6) is 0 Å². The molecule has 0 saturated carbocycles. The molecule has 0 aromatic heterocycles. The van der Waals surface area contributed by atoms with E-state index >= 15 is 0 Å². The van der Waals surface area contributed by atoms with Gasteiger partial charge in [-0.3, -0.25) is 5.41 Å². The van der Waals surface area contributed by atoms with E-state index in [1.165, 1.54) is 6.92 Å². The van der Waals surface area contributed by atoms with Crippen LogP contribution in [0.25, 0.3) is 0 Å². The fourth-order valence-electron chi connectivity index (χ4n) is 0.259. The summed E-state index contributed by atoms with van der Waals surface area (Å²) >= 11 is 0. The molecule has 0 saturated heterocycles. The summed E-state index contributed by atoms with van der Waals surface area (Å²) in [6, 6.07) is 0. The zero-order valence-corrected chi connectivity index (χ0v) is 5.42. The van der Waals surface area contributed by atoms with Crippen molar-refractivity contribution in [2.75, 3.05) is 0 Å². The number of aliphatic imine (C=N–C) groups is 1. The first-order valence-electron chi connectivity index (χ1n) is 2.39. The van der Waals surface area contributed by atoms with Gasteiger partial charge >= 0.3 is 6.09 Å². The van der Waals surface area contributed by atoms with Gasteiger partial charge in [-0.2, -0.15) is 0 Å². The van der Waals surface area contributed by atoms with Crippen LogP contribution in [0.2, 0.25) is 0 Å². The van der Waals surface area contributed by atoms with E-state index < -0.39 is 6.09 Å². The first-order chi connectivity index (χ1) is 4.52. The normalized spacial score (nSPS) is 8.10. The van der Waals surface area contributed by atoms with Gasteiger partial charge in [0.15, 0.2) is 11.9 Å². The maximum absolute atomic E-state index is 10.4. The number of carbonyl (C=O) groups excluding carboxylic acids is 1. The largest absolute Gasteiger partial charge is 0.443 e. The smallest absolute Gasteiger partial charge is 0.395 e. The molecule has 0 bridgehead atoms. The van der Waals surface area contributed by atoms with Crippen molar-refractivity contribution in [2.24, 2.45) is 16.5 Å². The lowest BCUT2D eigenvalue weighted by Gasteiger charge is -1.94. The summed E-state index contributed by atoms with van der Waals surface area (Å²) in [4.78, 5) is 13.3. The topological polar surface area (TPSA) is 115 Å². The van der Waals surface area contributed by atoms with Gasteiger partial charge in [-0.1, -0.05) is 0 Å². The minimum Gasteiger partial charge on any atom is -0.395 e.